The summed E-state index contributed by atoms with van der Waals surface area (Å²) in [7, 11) is 2.18. The van der Waals surface area contributed by atoms with Gasteiger partial charge in [0.05, 0.1) is 0 Å². The molecule has 0 atom stereocenters. The molecule has 0 amide bonds. The first-order valence-corrected chi connectivity index (χ1v) is 7.65. The van der Waals surface area contributed by atoms with E-state index in [0.29, 0.717) is 0 Å². The summed E-state index contributed by atoms with van der Waals surface area (Å²) in [6.07, 6.45) is 9.92. The molecule has 0 saturated carbocycles. The van der Waals surface area contributed by atoms with Crippen LogP contribution >= 0.6 is 11.9 Å². The molecular weight excluding hydrogens is 228 g/mol. The van der Waals surface area contributed by atoms with Crippen LogP contribution in [0.2, 0.25) is 0 Å². The minimum atomic E-state index is 1.12. The first-order valence-electron chi connectivity index (χ1n) is 6.71. The molecule has 0 aromatic rings. The fourth-order valence-corrected chi connectivity index (χ4v) is 3.43. The predicted molar refractivity (Wildman–Crippen MR) is 77.0 cm³/mol. The molecule has 0 bridgehead atoms. The van der Waals surface area contributed by atoms with E-state index < -0.39 is 0 Å². The molecule has 2 rings (SSSR count). The number of likely N-dealkylation sites (N-methyl/N-ethyl adjacent to an activating group) is 1. The number of rotatable bonds is 4. The first kappa shape index (κ1) is 13.0. The van der Waals surface area contributed by atoms with E-state index in [9.17, 15) is 0 Å². The molecule has 0 aromatic heterocycles. The van der Waals surface area contributed by atoms with Crippen LogP contribution in [-0.2, 0) is 0 Å². The van der Waals surface area contributed by atoms with E-state index in [1.807, 2.05) is 11.9 Å². The van der Waals surface area contributed by atoms with Gasteiger partial charge in [-0.05, 0) is 38.7 Å². The fraction of sp³-hybridized carbons (Fsp3) is 0.714. The van der Waals surface area contributed by atoms with Crippen LogP contribution in [0.1, 0.15) is 32.6 Å². The average molecular weight is 252 g/mol. The highest BCUT2D eigenvalue weighted by Crippen LogP contribution is 2.21. The van der Waals surface area contributed by atoms with Crippen LogP contribution in [0.4, 0.5) is 0 Å². The first-order chi connectivity index (χ1) is 8.25. The van der Waals surface area contributed by atoms with Crippen LogP contribution in [-0.4, -0.2) is 41.6 Å². The van der Waals surface area contributed by atoms with E-state index in [-0.39, 0.29) is 0 Å². The van der Waals surface area contributed by atoms with Crippen molar-refractivity contribution in [3.63, 3.8) is 0 Å². The molecular formula is C14H24N2S. The zero-order valence-corrected chi connectivity index (χ0v) is 11.9. The third-order valence-corrected chi connectivity index (χ3v) is 4.79. The topological polar surface area (TPSA) is 6.48 Å². The number of hydrogen-bond donors (Lipinski definition) is 0. The molecule has 3 heteroatoms. The fourth-order valence-electron chi connectivity index (χ4n) is 2.32. The zero-order chi connectivity index (χ0) is 12.1. The minimum absolute atomic E-state index is 1.12. The molecule has 1 fully saturated rings. The Hall–Kier alpha value is -0.410. The number of nitrogens with zero attached hydrogens (tertiary/aromatic N) is 2. The molecule has 0 unspecified atom stereocenters. The summed E-state index contributed by atoms with van der Waals surface area (Å²) in [5, 5.41) is 0. The van der Waals surface area contributed by atoms with Gasteiger partial charge in [-0.3, -0.25) is 4.31 Å². The zero-order valence-electron chi connectivity index (χ0n) is 11.1. The van der Waals surface area contributed by atoms with E-state index >= 15 is 0 Å². The third-order valence-electron chi connectivity index (χ3n) is 3.58. The van der Waals surface area contributed by atoms with Gasteiger partial charge in [0.1, 0.15) is 0 Å². The normalized spacial score (nSPS) is 22.4. The highest BCUT2D eigenvalue weighted by Gasteiger charge is 2.12. The maximum absolute atomic E-state index is 2.55. The Labute approximate surface area is 110 Å². The van der Waals surface area contributed by atoms with Crippen LogP contribution in [0.15, 0.2) is 23.4 Å². The largest absolute Gasteiger partial charge is 0.374 e. The smallest absolute Gasteiger partial charge is 0.0385 e. The van der Waals surface area contributed by atoms with Crippen molar-refractivity contribution in [1.29, 1.82) is 0 Å². The lowest BCUT2D eigenvalue weighted by Crippen LogP contribution is -2.24. The molecule has 0 N–H and O–H groups in total. The van der Waals surface area contributed by atoms with Crippen LogP contribution in [0.25, 0.3) is 0 Å². The second kappa shape index (κ2) is 6.50. The molecule has 17 heavy (non-hydrogen) atoms. The second-order valence-corrected chi connectivity index (χ2v) is 6.24. The summed E-state index contributed by atoms with van der Waals surface area (Å²) in [5.41, 5.74) is 2.96. The van der Waals surface area contributed by atoms with Crippen LogP contribution in [0, 0.1) is 0 Å². The van der Waals surface area contributed by atoms with Gasteiger partial charge in [-0.15, -0.1) is 0 Å². The maximum Gasteiger partial charge on any atom is 0.0385 e. The van der Waals surface area contributed by atoms with Crippen molar-refractivity contribution in [3.8, 4) is 0 Å². The highest BCUT2D eigenvalue weighted by atomic mass is 32.2. The van der Waals surface area contributed by atoms with E-state index in [4.69, 9.17) is 0 Å². The predicted octanol–water partition coefficient (Wildman–Crippen LogP) is 3.29. The average Bonchev–Trinajstić information content (AvgIpc) is 2.35. The van der Waals surface area contributed by atoms with Crippen molar-refractivity contribution < 1.29 is 0 Å². The Bertz CT molecular complexity index is 303. The van der Waals surface area contributed by atoms with E-state index in [1.165, 1.54) is 50.2 Å². The lowest BCUT2D eigenvalue weighted by atomic mass is 10.1. The van der Waals surface area contributed by atoms with Gasteiger partial charge in [-0.25, -0.2) is 0 Å². The SMILES string of the molecule is CC1=CC=C(CCCN2CCCCS2)CN1C. The van der Waals surface area contributed by atoms with Gasteiger partial charge in [-0.1, -0.05) is 23.6 Å². The summed E-state index contributed by atoms with van der Waals surface area (Å²) in [5.74, 6) is 1.33. The third kappa shape index (κ3) is 4.07. The molecule has 2 nitrogen and oxygen atoms in total. The van der Waals surface area contributed by atoms with Gasteiger partial charge in [0.2, 0.25) is 0 Å². The standard InChI is InChI=1S/C14H24N2S/c1-13-7-8-14(12-15(13)2)6-5-10-16-9-3-4-11-17-16/h7-8H,3-6,9-12H2,1-2H3. The van der Waals surface area contributed by atoms with Crippen molar-refractivity contribution >= 4 is 11.9 Å². The van der Waals surface area contributed by atoms with Gasteiger partial charge >= 0.3 is 0 Å². The minimum Gasteiger partial charge on any atom is -0.374 e. The van der Waals surface area contributed by atoms with Crippen molar-refractivity contribution in [2.24, 2.45) is 0 Å². The highest BCUT2D eigenvalue weighted by molar-refractivity contribution is 7.97. The molecule has 96 valence electrons. The van der Waals surface area contributed by atoms with E-state index in [0.717, 1.165) is 6.54 Å². The van der Waals surface area contributed by atoms with E-state index in [1.54, 1.807) is 5.57 Å². The van der Waals surface area contributed by atoms with Crippen LogP contribution in [0.3, 0.4) is 0 Å². The van der Waals surface area contributed by atoms with Gasteiger partial charge in [0, 0.05) is 38.1 Å². The monoisotopic (exact) mass is 252 g/mol. The molecule has 2 aliphatic rings. The van der Waals surface area contributed by atoms with Crippen molar-refractivity contribution in [2.45, 2.75) is 32.6 Å². The van der Waals surface area contributed by atoms with Crippen molar-refractivity contribution in [2.75, 3.05) is 32.4 Å². The summed E-state index contributed by atoms with van der Waals surface area (Å²) in [6.45, 7) is 5.85. The molecule has 0 aromatic carbocycles. The molecule has 1 saturated heterocycles. The molecule has 2 aliphatic heterocycles. The summed E-state index contributed by atoms with van der Waals surface area (Å²) in [6, 6.07) is 0. The van der Waals surface area contributed by atoms with Gasteiger partial charge in [-0.2, -0.15) is 0 Å². The second-order valence-electron chi connectivity index (χ2n) is 5.06. The summed E-state index contributed by atoms with van der Waals surface area (Å²) < 4.78 is 2.55. The lowest BCUT2D eigenvalue weighted by molar-refractivity contribution is 0.416. The summed E-state index contributed by atoms with van der Waals surface area (Å²) in [4.78, 5) is 2.34. The Morgan fingerprint density at radius 3 is 2.88 bits per heavy atom. The van der Waals surface area contributed by atoms with Gasteiger partial charge in [0.25, 0.3) is 0 Å². The molecule has 0 spiro atoms. The Morgan fingerprint density at radius 1 is 1.29 bits per heavy atom. The van der Waals surface area contributed by atoms with Crippen molar-refractivity contribution in [3.05, 3.63) is 23.4 Å². The van der Waals surface area contributed by atoms with Crippen LogP contribution < -0.4 is 0 Å². The van der Waals surface area contributed by atoms with Crippen molar-refractivity contribution in [1.82, 2.24) is 9.21 Å². The van der Waals surface area contributed by atoms with Gasteiger partial charge < -0.3 is 4.90 Å². The van der Waals surface area contributed by atoms with E-state index in [2.05, 4.69) is 35.3 Å². The number of allylic oxidation sites excluding steroid dienone is 3. The maximum atomic E-state index is 2.55. The Kier molecular flexibility index (Phi) is 4.99. The lowest BCUT2D eigenvalue weighted by Gasteiger charge is -2.27. The molecule has 0 aliphatic carbocycles. The Morgan fingerprint density at radius 2 is 2.18 bits per heavy atom. The number of hydrogen-bond acceptors (Lipinski definition) is 3. The summed E-state index contributed by atoms with van der Waals surface area (Å²) >= 11 is 2.04. The Balaban J connectivity index is 1.68. The molecule has 2 heterocycles. The van der Waals surface area contributed by atoms with Gasteiger partial charge in [0.15, 0.2) is 0 Å². The molecule has 0 radical (unpaired) electrons. The van der Waals surface area contributed by atoms with Crippen LogP contribution in [0.5, 0.6) is 0 Å². The quantitative estimate of drug-likeness (QED) is 0.709.